The van der Waals surface area contributed by atoms with Crippen molar-refractivity contribution in [3.63, 3.8) is 0 Å². The third-order valence-electron chi connectivity index (χ3n) is 5.84. The van der Waals surface area contributed by atoms with E-state index in [0.717, 1.165) is 11.1 Å². The molecule has 0 fully saturated rings. The number of carbonyl (C=O) groups excluding carboxylic acids is 2. The first-order chi connectivity index (χ1) is 18.3. The van der Waals surface area contributed by atoms with E-state index in [-0.39, 0.29) is 22.3 Å². The summed E-state index contributed by atoms with van der Waals surface area (Å²) in [6.07, 6.45) is 4.44. The van der Waals surface area contributed by atoms with Crippen molar-refractivity contribution in [1.29, 1.82) is 0 Å². The van der Waals surface area contributed by atoms with Gasteiger partial charge in [0.05, 0.1) is 11.2 Å². The summed E-state index contributed by atoms with van der Waals surface area (Å²) in [4.78, 5) is 36.7. The highest BCUT2D eigenvalue weighted by molar-refractivity contribution is 6.34. The maximum atomic E-state index is 13.9. The number of benzene rings is 3. The smallest absolute Gasteiger partial charge is 0.256 e. The predicted octanol–water partition coefficient (Wildman–Crippen LogP) is 5.94. The molecule has 0 atom stereocenters. The Hall–Kier alpha value is -4.89. The molecule has 0 aliphatic heterocycles. The van der Waals surface area contributed by atoms with Crippen molar-refractivity contribution in [3.8, 4) is 22.3 Å². The van der Waals surface area contributed by atoms with Gasteiger partial charge in [-0.3, -0.25) is 9.59 Å². The Balaban J connectivity index is 1.58. The molecule has 8 nitrogen and oxygen atoms in total. The van der Waals surface area contributed by atoms with Gasteiger partial charge in [0, 0.05) is 57.7 Å². The minimum Gasteiger partial charge on any atom is -0.398 e. The molecule has 38 heavy (non-hydrogen) atoms. The maximum absolute atomic E-state index is 13.9. The van der Waals surface area contributed by atoms with Crippen LogP contribution < -0.4 is 16.4 Å². The average molecular weight is 527 g/mol. The van der Waals surface area contributed by atoms with Gasteiger partial charge in [-0.2, -0.15) is 0 Å². The number of pyridine rings is 1. The molecule has 0 saturated carbocycles. The molecule has 0 spiro atoms. The summed E-state index contributed by atoms with van der Waals surface area (Å²) in [6.45, 7) is 1.44. The Morgan fingerprint density at radius 3 is 2.55 bits per heavy atom. The molecule has 0 bridgehead atoms. The van der Waals surface area contributed by atoms with Gasteiger partial charge in [0.2, 0.25) is 5.91 Å². The van der Waals surface area contributed by atoms with Crippen LogP contribution in [-0.4, -0.2) is 26.8 Å². The van der Waals surface area contributed by atoms with E-state index in [0.29, 0.717) is 33.4 Å². The molecule has 2 aromatic heterocycles. The fraction of sp³-hybridized carbons (Fsp3) is 0.0357. The molecule has 5 aromatic rings. The SMILES string of the molecule is CC(=O)Nc1cccc(-c2cc(-c3ccc(C(=O)Nc4ncccc4F)cc3Cl)c(N)c3cncnc23)c1. The van der Waals surface area contributed by atoms with Crippen LogP contribution in [0.5, 0.6) is 0 Å². The predicted molar refractivity (Wildman–Crippen MR) is 146 cm³/mol. The minimum atomic E-state index is -0.648. The second-order valence-electron chi connectivity index (χ2n) is 8.41. The number of fused-ring (bicyclic) bond motifs is 1. The van der Waals surface area contributed by atoms with Crippen LogP contribution in [0, 0.1) is 5.82 Å². The van der Waals surface area contributed by atoms with Gasteiger partial charge in [0.25, 0.3) is 5.91 Å². The lowest BCUT2D eigenvalue weighted by molar-refractivity contribution is -0.114. The van der Waals surface area contributed by atoms with Gasteiger partial charge in [0.1, 0.15) is 6.33 Å². The van der Waals surface area contributed by atoms with Gasteiger partial charge in [0.15, 0.2) is 11.6 Å². The van der Waals surface area contributed by atoms with Gasteiger partial charge in [-0.25, -0.2) is 19.3 Å². The van der Waals surface area contributed by atoms with Crippen molar-refractivity contribution >= 4 is 51.5 Å². The molecule has 0 unspecified atom stereocenters. The normalized spacial score (nSPS) is 10.8. The van der Waals surface area contributed by atoms with Crippen LogP contribution in [0.25, 0.3) is 33.2 Å². The van der Waals surface area contributed by atoms with Gasteiger partial charge in [-0.1, -0.05) is 29.8 Å². The Bertz CT molecular complexity index is 1730. The molecule has 5 rings (SSSR count). The van der Waals surface area contributed by atoms with E-state index < -0.39 is 11.7 Å². The van der Waals surface area contributed by atoms with Crippen LogP contribution in [0.4, 0.5) is 21.6 Å². The van der Waals surface area contributed by atoms with Gasteiger partial charge < -0.3 is 16.4 Å². The van der Waals surface area contributed by atoms with Crippen molar-refractivity contribution < 1.29 is 14.0 Å². The Labute approximate surface area is 221 Å². The molecular formula is C28H20ClFN6O2. The zero-order chi connectivity index (χ0) is 26.8. The number of halogens is 2. The topological polar surface area (TPSA) is 123 Å². The highest BCUT2D eigenvalue weighted by Crippen LogP contribution is 2.41. The summed E-state index contributed by atoms with van der Waals surface area (Å²) in [6, 6.07) is 16.6. The fourth-order valence-electron chi connectivity index (χ4n) is 4.12. The van der Waals surface area contributed by atoms with Crippen LogP contribution in [0.15, 0.2) is 79.4 Å². The first-order valence-corrected chi connectivity index (χ1v) is 11.8. The highest BCUT2D eigenvalue weighted by Gasteiger charge is 2.18. The van der Waals surface area contributed by atoms with Crippen LogP contribution in [0.3, 0.4) is 0 Å². The molecule has 3 aromatic carbocycles. The zero-order valence-corrected chi connectivity index (χ0v) is 20.8. The monoisotopic (exact) mass is 526 g/mol. The summed E-state index contributed by atoms with van der Waals surface area (Å²) < 4.78 is 13.9. The van der Waals surface area contributed by atoms with Crippen molar-refractivity contribution in [3.05, 3.63) is 95.8 Å². The van der Waals surface area contributed by atoms with Crippen LogP contribution in [-0.2, 0) is 4.79 Å². The number of rotatable bonds is 5. The largest absolute Gasteiger partial charge is 0.398 e. The van der Waals surface area contributed by atoms with E-state index in [1.807, 2.05) is 24.3 Å². The van der Waals surface area contributed by atoms with E-state index in [1.165, 1.54) is 37.6 Å². The molecule has 2 amide bonds. The van der Waals surface area contributed by atoms with Crippen LogP contribution in [0.1, 0.15) is 17.3 Å². The third kappa shape index (κ3) is 4.87. The lowest BCUT2D eigenvalue weighted by Gasteiger charge is -2.16. The van der Waals surface area contributed by atoms with Crippen molar-refractivity contribution in [2.75, 3.05) is 16.4 Å². The van der Waals surface area contributed by atoms with E-state index >= 15 is 0 Å². The lowest BCUT2D eigenvalue weighted by Crippen LogP contribution is -2.14. The Morgan fingerprint density at radius 2 is 1.79 bits per heavy atom. The fourth-order valence-corrected chi connectivity index (χ4v) is 4.40. The summed E-state index contributed by atoms with van der Waals surface area (Å²) in [7, 11) is 0. The minimum absolute atomic E-state index is 0.178. The summed E-state index contributed by atoms with van der Waals surface area (Å²) >= 11 is 6.64. The Kier molecular flexibility index (Phi) is 6.68. The average Bonchev–Trinajstić information content (AvgIpc) is 2.90. The van der Waals surface area contributed by atoms with E-state index in [2.05, 4.69) is 25.6 Å². The van der Waals surface area contributed by atoms with E-state index in [9.17, 15) is 14.0 Å². The van der Waals surface area contributed by atoms with Gasteiger partial charge in [-0.05, 0) is 48.0 Å². The van der Waals surface area contributed by atoms with Crippen molar-refractivity contribution in [2.24, 2.45) is 0 Å². The van der Waals surface area contributed by atoms with Crippen LogP contribution in [0.2, 0.25) is 5.02 Å². The van der Waals surface area contributed by atoms with Crippen molar-refractivity contribution in [1.82, 2.24) is 15.0 Å². The quantitative estimate of drug-likeness (QED) is 0.243. The number of aromatic nitrogens is 3. The van der Waals surface area contributed by atoms with E-state index in [4.69, 9.17) is 17.3 Å². The number of hydrogen-bond donors (Lipinski definition) is 3. The molecule has 10 heteroatoms. The lowest BCUT2D eigenvalue weighted by atomic mass is 9.93. The standard InChI is InChI=1S/C28H20ClFN6O2/c1-15(37)35-18-5-2-4-16(10-18)20-12-21(25(31)22-13-32-14-34-26(20)22)19-8-7-17(11-23(19)29)28(38)36-27-24(30)6-3-9-33-27/h2-14H,31H2,1H3,(H,35,37)(H,33,36,38). The number of carbonyl (C=O) groups is 2. The summed E-state index contributed by atoms with van der Waals surface area (Å²) in [5, 5.41) is 6.11. The Morgan fingerprint density at radius 1 is 0.947 bits per heavy atom. The first kappa shape index (κ1) is 24.8. The zero-order valence-electron chi connectivity index (χ0n) is 20.0. The molecule has 0 aliphatic rings. The molecule has 0 saturated heterocycles. The second-order valence-corrected chi connectivity index (χ2v) is 8.82. The molecule has 0 radical (unpaired) electrons. The summed E-state index contributed by atoms with van der Waals surface area (Å²) in [5.74, 6) is -1.58. The maximum Gasteiger partial charge on any atom is 0.256 e. The van der Waals surface area contributed by atoms with Gasteiger partial charge >= 0.3 is 0 Å². The third-order valence-corrected chi connectivity index (χ3v) is 6.15. The number of nitrogens with zero attached hydrogens (tertiary/aromatic N) is 3. The van der Waals surface area contributed by atoms with E-state index in [1.54, 1.807) is 24.4 Å². The first-order valence-electron chi connectivity index (χ1n) is 11.4. The number of amides is 2. The molecular weight excluding hydrogens is 507 g/mol. The highest BCUT2D eigenvalue weighted by atomic mass is 35.5. The molecule has 2 heterocycles. The molecule has 0 aliphatic carbocycles. The number of hydrogen-bond acceptors (Lipinski definition) is 6. The number of nitrogen functional groups attached to an aromatic ring is 1. The second kappa shape index (κ2) is 10.2. The van der Waals surface area contributed by atoms with Crippen molar-refractivity contribution in [2.45, 2.75) is 6.92 Å². The van der Waals surface area contributed by atoms with Gasteiger partial charge in [-0.15, -0.1) is 0 Å². The summed E-state index contributed by atoms with van der Waals surface area (Å²) in [5.41, 5.74) is 11.2. The number of nitrogens with one attached hydrogen (secondary N) is 2. The number of nitrogens with two attached hydrogens (primary N) is 1. The number of anilines is 3. The van der Waals surface area contributed by atoms with Crippen LogP contribution >= 0.6 is 11.6 Å². The molecule has 188 valence electrons. The molecule has 4 N–H and O–H groups in total.